The average molecular weight is 246 g/mol. The average Bonchev–Trinajstić information content (AvgIpc) is 2.24. The molecule has 0 saturated carbocycles. The molecule has 0 spiro atoms. The fraction of sp³-hybridized carbons (Fsp3) is 0.273. The van der Waals surface area contributed by atoms with Gasteiger partial charge in [-0.15, -0.1) is 0 Å². The van der Waals surface area contributed by atoms with Crippen molar-refractivity contribution in [3.05, 3.63) is 34.9 Å². The molecule has 5 heteroatoms. The molecule has 1 rings (SSSR count). The third-order valence-corrected chi connectivity index (χ3v) is 2.06. The molecular formula is C11H9F3OS. The van der Waals surface area contributed by atoms with E-state index in [1.54, 1.807) is 0 Å². The van der Waals surface area contributed by atoms with Crippen LogP contribution in [0.5, 0.6) is 0 Å². The number of benzene rings is 1. The highest BCUT2D eigenvalue weighted by Gasteiger charge is 2.30. The molecule has 0 aliphatic heterocycles. The van der Waals surface area contributed by atoms with Crippen LogP contribution < -0.4 is 0 Å². The quantitative estimate of drug-likeness (QED) is 0.576. The lowest BCUT2D eigenvalue weighted by atomic mass is 10.0. The van der Waals surface area contributed by atoms with Gasteiger partial charge in [0.25, 0.3) is 0 Å². The SMILES string of the molecule is OCc1cc(C(F)(F)F)ccc1C#CCS. The Hall–Kier alpha value is -1.12. The van der Waals surface area contributed by atoms with Crippen LogP contribution in [0, 0.1) is 11.8 Å². The smallest absolute Gasteiger partial charge is 0.392 e. The summed E-state index contributed by atoms with van der Waals surface area (Å²) in [6.45, 7) is -0.472. The van der Waals surface area contributed by atoms with E-state index in [2.05, 4.69) is 24.5 Å². The minimum Gasteiger partial charge on any atom is -0.392 e. The van der Waals surface area contributed by atoms with Crippen molar-refractivity contribution >= 4 is 12.6 Å². The summed E-state index contributed by atoms with van der Waals surface area (Å²) in [4.78, 5) is 0. The van der Waals surface area contributed by atoms with Gasteiger partial charge < -0.3 is 5.11 Å². The van der Waals surface area contributed by atoms with Crippen molar-refractivity contribution < 1.29 is 18.3 Å². The Morgan fingerprint density at radius 3 is 2.50 bits per heavy atom. The molecule has 1 nitrogen and oxygen atoms in total. The maximum atomic E-state index is 12.4. The molecule has 0 fully saturated rings. The van der Waals surface area contributed by atoms with Gasteiger partial charge >= 0.3 is 6.18 Å². The van der Waals surface area contributed by atoms with Crippen molar-refractivity contribution in [2.24, 2.45) is 0 Å². The van der Waals surface area contributed by atoms with Crippen LogP contribution in [0.1, 0.15) is 16.7 Å². The van der Waals surface area contributed by atoms with Crippen molar-refractivity contribution in [2.75, 3.05) is 5.75 Å². The Morgan fingerprint density at radius 1 is 1.31 bits per heavy atom. The number of aliphatic hydroxyl groups is 1. The standard InChI is InChI=1S/C11H9F3OS/c12-11(13,14)10-4-3-8(2-1-5-16)9(6-10)7-15/h3-4,6,15-16H,5,7H2. The Labute approximate surface area is 96.7 Å². The molecule has 0 aromatic heterocycles. The highest BCUT2D eigenvalue weighted by Crippen LogP contribution is 2.30. The summed E-state index contributed by atoms with van der Waals surface area (Å²) >= 11 is 3.86. The summed E-state index contributed by atoms with van der Waals surface area (Å²) in [7, 11) is 0. The molecule has 0 bridgehead atoms. The molecule has 0 radical (unpaired) electrons. The van der Waals surface area contributed by atoms with Gasteiger partial charge in [0.05, 0.1) is 17.9 Å². The Bertz CT molecular complexity index is 429. The summed E-state index contributed by atoms with van der Waals surface area (Å²) in [5, 5.41) is 8.95. The highest BCUT2D eigenvalue weighted by atomic mass is 32.1. The largest absolute Gasteiger partial charge is 0.416 e. The van der Waals surface area contributed by atoms with Crippen molar-refractivity contribution in [3.8, 4) is 11.8 Å². The van der Waals surface area contributed by atoms with Gasteiger partial charge in [0.15, 0.2) is 0 Å². The summed E-state index contributed by atoms with van der Waals surface area (Å²) in [5.41, 5.74) is -0.221. The van der Waals surface area contributed by atoms with Crippen molar-refractivity contribution in [3.63, 3.8) is 0 Å². The first-order chi connectivity index (χ1) is 7.49. The van der Waals surface area contributed by atoms with Crippen molar-refractivity contribution in [1.29, 1.82) is 0 Å². The van der Waals surface area contributed by atoms with Crippen molar-refractivity contribution in [2.45, 2.75) is 12.8 Å². The van der Waals surface area contributed by atoms with E-state index in [-0.39, 0.29) is 5.56 Å². The fourth-order valence-electron chi connectivity index (χ4n) is 1.16. The third-order valence-electron chi connectivity index (χ3n) is 1.91. The summed E-state index contributed by atoms with van der Waals surface area (Å²) < 4.78 is 37.1. The number of aliphatic hydroxyl groups excluding tert-OH is 1. The van der Waals surface area contributed by atoms with E-state index in [1.807, 2.05) is 0 Å². The van der Waals surface area contributed by atoms with Crippen LogP contribution in [0.2, 0.25) is 0 Å². The fourth-order valence-corrected chi connectivity index (χ4v) is 1.24. The maximum absolute atomic E-state index is 12.4. The topological polar surface area (TPSA) is 20.2 Å². The maximum Gasteiger partial charge on any atom is 0.416 e. The lowest BCUT2D eigenvalue weighted by molar-refractivity contribution is -0.137. The molecule has 0 aliphatic rings. The highest BCUT2D eigenvalue weighted by molar-refractivity contribution is 7.80. The van der Waals surface area contributed by atoms with Crippen LogP contribution in [0.3, 0.4) is 0 Å². The molecule has 86 valence electrons. The molecule has 0 unspecified atom stereocenters. The normalized spacial score (nSPS) is 10.8. The first-order valence-corrected chi connectivity index (χ1v) is 5.03. The van der Waals surface area contributed by atoms with Gasteiger partial charge in [0.2, 0.25) is 0 Å². The second kappa shape index (κ2) is 5.28. The molecule has 0 heterocycles. The Kier molecular flexibility index (Phi) is 4.27. The van der Waals surface area contributed by atoms with E-state index in [4.69, 9.17) is 5.11 Å². The number of rotatable bonds is 1. The third kappa shape index (κ3) is 3.19. The van der Waals surface area contributed by atoms with Gasteiger partial charge in [0.1, 0.15) is 0 Å². The summed E-state index contributed by atoms with van der Waals surface area (Å²) in [5.74, 6) is 5.57. The lowest BCUT2D eigenvalue weighted by Gasteiger charge is -2.09. The Balaban J connectivity index is 3.17. The van der Waals surface area contributed by atoms with E-state index >= 15 is 0 Å². The molecular weight excluding hydrogens is 237 g/mol. The van der Waals surface area contributed by atoms with Gasteiger partial charge in [0, 0.05) is 5.56 Å². The zero-order valence-corrected chi connectivity index (χ0v) is 9.07. The number of thiol groups is 1. The first-order valence-electron chi connectivity index (χ1n) is 4.39. The predicted octanol–water partition coefficient (Wildman–Crippen LogP) is 2.48. The predicted molar refractivity (Wildman–Crippen MR) is 58.1 cm³/mol. The number of halogens is 3. The second-order valence-corrected chi connectivity index (χ2v) is 3.30. The van der Waals surface area contributed by atoms with Crippen molar-refractivity contribution in [1.82, 2.24) is 0 Å². The van der Waals surface area contributed by atoms with Gasteiger partial charge in [-0.05, 0) is 23.8 Å². The van der Waals surface area contributed by atoms with Crippen LogP contribution in [0.15, 0.2) is 18.2 Å². The van der Waals surface area contributed by atoms with Crippen LogP contribution in [-0.2, 0) is 12.8 Å². The molecule has 0 amide bonds. The monoisotopic (exact) mass is 246 g/mol. The zero-order valence-electron chi connectivity index (χ0n) is 8.17. The zero-order chi connectivity index (χ0) is 12.2. The number of hydrogen-bond donors (Lipinski definition) is 2. The molecule has 16 heavy (non-hydrogen) atoms. The molecule has 1 aromatic rings. The van der Waals surface area contributed by atoms with Crippen LogP contribution >= 0.6 is 12.6 Å². The number of alkyl halides is 3. The molecule has 0 atom stereocenters. The first kappa shape index (κ1) is 12.9. The molecule has 0 saturated heterocycles. The molecule has 1 N–H and O–H groups in total. The van der Waals surface area contributed by atoms with Gasteiger partial charge in [-0.25, -0.2) is 0 Å². The summed E-state index contributed by atoms with van der Waals surface area (Å²) in [6.07, 6.45) is -4.40. The minimum atomic E-state index is -4.40. The summed E-state index contributed by atoms with van der Waals surface area (Å²) in [6, 6.07) is 3.11. The van der Waals surface area contributed by atoms with Gasteiger partial charge in [-0.1, -0.05) is 11.8 Å². The van der Waals surface area contributed by atoms with Crippen LogP contribution in [-0.4, -0.2) is 10.9 Å². The number of hydrogen-bond acceptors (Lipinski definition) is 2. The van der Waals surface area contributed by atoms with E-state index < -0.39 is 18.3 Å². The second-order valence-electron chi connectivity index (χ2n) is 2.99. The van der Waals surface area contributed by atoms with E-state index in [0.717, 1.165) is 12.1 Å². The molecule has 0 aliphatic carbocycles. The van der Waals surface area contributed by atoms with Gasteiger partial charge in [-0.2, -0.15) is 25.8 Å². The van der Waals surface area contributed by atoms with Crippen LogP contribution in [0.4, 0.5) is 13.2 Å². The van der Waals surface area contributed by atoms with E-state index in [1.165, 1.54) is 6.07 Å². The van der Waals surface area contributed by atoms with E-state index in [0.29, 0.717) is 11.3 Å². The van der Waals surface area contributed by atoms with E-state index in [9.17, 15) is 13.2 Å². The lowest BCUT2D eigenvalue weighted by Crippen LogP contribution is -2.06. The molecule has 1 aromatic carbocycles. The van der Waals surface area contributed by atoms with Crippen LogP contribution in [0.25, 0.3) is 0 Å². The Morgan fingerprint density at radius 2 is 2.00 bits per heavy atom. The minimum absolute atomic E-state index is 0.170. The van der Waals surface area contributed by atoms with Gasteiger partial charge in [-0.3, -0.25) is 0 Å².